The summed E-state index contributed by atoms with van der Waals surface area (Å²) < 4.78 is 6.80. The first-order chi connectivity index (χ1) is 14.3. The third-order valence-corrected chi connectivity index (χ3v) is 6.81. The van der Waals surface area contributed by atoms with E-state index in [0.717, 1.165) is 32.3 Å². The molecule has 0 spiro atoms. The van der Waals surface area contributed by atoms with Gasteiger partial charge in [-0.2, -0.15) is 0 Å². The molecule has 0 unspecified atom stereocenters. The van der Waals surface area contributed by atoms with Gasteiger partial charge in [-0.3, -0.25) is 14.5 Å². The van der Waals surface area contributed by atoms with Crippen molar-refractivity contribution in [2.45, 2.75) is 13.5 Å². The van der Waals surface area contributed by atoms with E-state index < -0.39 is 5.91 Å². The number of furan rings is 1. The van der Waals surface area contributed by atoms with Crippen molar-refractivity contribution >= 4 is 68.1 Å². The summed E-state index contributed by atoms with van der Waals surface area (Å²) in [6.45, 7) is 2.02. The van der Waals surface area contributed by atoms with Gasteiger partial charge in [-0.1, -0.05) is 51.3 Å². The molecule has 0 aliphatic carbocycles. The molecule has 1 fully saturated rings. The van der Waals surface area contributed by atoms with Crippen LogP contribution in [0.15, 0.2) is 62.3 Å². The number of aryl methyl sites for hydroxylation is 1. The van der Waals surface area contributed by atoms with Crippen molar-refractivity contribution < 1.29 is 14.0 Å². The lowest BCUT2D eigenvalue weighted by molar-refractivity contribution is -0.123. The maximum absolute atomic E-state index is 12.8. The first-order valence-corrected chi connectivity index (χ1v) is 11.2. The third-order valence-electron chi connectivity index (χ3n) is 4.54. The second-order valence-corrected chi connectivity index (χ2v) is 9.32. The molecule has 1 saturated heterocycles. The van der Waals surface area contributed by atoms with Gasteiger partial charge in [-0.05, 0) is 60.6 Å². The van der Waals surface area contributed by atoms with Crippen molar-refractivity contribution in [3.63, 3.8) is 0 Å². The van der Waals surface area contributed by atoms with Gasteiger partial charge in [0, 0.05) is 31.7 Å². The number of amides is 2. The number of halogens is 3. The van der Waals surface area contributed by atoms with Crippen molar-refractivity contribution in [3.8, 4) is 11.3 Å². The van der Waals surface area contributed by atoms with E-state index in [1.165, 1.54) is 0 Å². The van der Waals surface area contributed by atoms with E-state index in [9.17, 15) is 9.59 Å². The highest BCUT2D eigenvalue weighted by atomic mass is 79.9. The molecule has 1 aliphatic rings. The molecule has 152 valence electrons. The smallest absolute Gasteiger partial charge is 0.293 e. The van der Waals surface area contributed by atoms with Crippen LogP contribution >= 0.6 is 50.9 Å². The molecule has 0 saturated carbocycles. The van der Waals surface area contributed by atoms with Gasteiger partial charge in [-0.15, -0.1) is 0 Å². The van der Waals surface area contributed by atoms with E-state index in [2.05, 4.69) is 15.9 Å². The molecule has 0 atom stereocenters. The molecular weight excluding hydrogens is 509 g/mol. The van der Waals surface area contributed by atoms with Gasteiger partial charge in [0.1, 0.15) is 11.5 Å². The van der Waals surface area contributed by atoms with Crippen LogP contribution in [0.1, 0.15) is 16.9 Å². The van der Waals surface area contributed by atoms with Gasteiger partial charge < -0.3 is 4.42 Å². The van der Waals surface area contributed by atoms with Crippen molar-refractivity contribution in [3.05, 3.63) is 84.8 Å². The van der Waals surface area contributed by atoms with Gasteiger partial charge in [0.2, 0.25) is 0 Å². The lowest BCUT2D eigenvalue weighted by atomic mass is 10.1. The SMILES string of the molecule is Cc1ccc(-c2ccc(/C=C3\SC(=O)N(Cc4c(Cl)cccc4Cl)C3=O)o2)c(Br)c1. The van der Waals surface area contributed by atoms with Crippen LogP contribution in [0.25, 0.3) is 17.4 Å². The Morgan fingerprint density at radius 1 is 1.10 bits per heavy atom. The van der Waals surface area contributed by atoms with E-state index in [1.54, 1.807) is 30.3 Å². The van der Waals surface area contributed by atoms with Crippen LogP contribution < -0.4 is 0 Å². The van der Waals surface area contributed by atoms with Gasteiger partial charge in [0.05, 0.1) is 11.4 Å². The summed E-state index contributed by atoms with van der Waals surface area (Å²) in [6, 6.07) is 14.6. The normalized spacial score (nSPS) is 15.5. The number of benzene rings is 2. The number of rotatable bonds is 4. The Bertz CT molecular complexity index is 1180. The number of imide groups is 1. The molecule has 4 rings (SSSR count). The minimum absolute atomic E-state index is 0.0141. The van der Waals surface area contributed by atoms with Crippen LogP contribution in [-0.2, 0) is 11.3 Å². The van der Waals surface area contributed by atoms with E-state index in [-0.39, 0.29) is 16.7 Å². The lowest BCUT2D eigenvalue weighted by Crippen LogP contribution is -2.27. The quantitative estimate of drug-likeness (QED) is 0.331. The minimum atomic E-state index is -0.407. The van der Waals surface area contributed by atoms with E-state index in [4.69, 9.17) is 27.6 Å². The van der Waals surface area contributed by atoms with Crippen LogP contribution in [-0.4, -0.2) is 16.0 Å². The van der Waals surface area contributed by atoms with E-state index in [1.807, 2.05) is 31.2 Å². The maximum atomic E-state index is 12.8. The van der Waals surface area contributed by atoms with Gasteiger partial charge in [0.25, 0.3) is 11.1 Å². The highest BCUT2D eigenvalue weighted by Gasteiger charge is 2.36. The zero-order valence-electron chi connectivity index (χ0n) is 15.6. The third kappa shape index (κ3) is 4.23. The van der Waals surface area contributed by atoms with E-state index in [0.29, 0.717) is 27.1 Å². The number of hydrogen-bond acceptors (Lipinski definition) is 4. The molecule has 1 aliphatic heterocycles. The number of thioether (sulfide) groups is 1. The van der Waals surface area contributed by atoms with Crippen molar-refractivity contribution in [1.82, 2.24) is 4.90 Å². The fraction of sp³-hybridized carbons (Fsp3) is 0.0909. The van der Waals surface area contributed by atoms with Crippen molar-refractivity contribution in [1.29, 1.82) is 0 Å². The summed E-state index contributed by atoms with van der Waals surface area (Å²) in [4.78, 5) is 26.6. The first-order valence-electron chi connectivity index (χ1n) is 8.88. The monoisotopic (exact) mass is 521 g/mol. The average Bonchev–Trinajstić information content (AvgIpc) is 3.24. The Morgan fingerprint density at radius 2 is 1.83 bits per heavy atom. The Labute approximate surface area is 196 Å². The molecule has 8 heteroatoms. The van der Waals surface area contributed by atoms with Crippen LogP contribution in [0.5, 0.6) is 0 Å². The van der Waals surface area contributed by atoms with Crippen LogP contribution in [0.2, 0.25) is 10.0 Å². The topological polar surface area (TPSA) is 50.5 Å². The average molecular weight is 523 g/mol. The second kappa shape index (κ2) is 8.63. The molecule has 30 heavy (non-hydrogen) atoms. The van der Waals surface area contributed by atoms with Crippen molar-refractivity contribution in [2.24, 2.45) is 0 Å². The summed E-state index contributed by atoms with van der Waals surface area (Å²) in [7, 11) is 0. The predicted octanol–water partition coefficient (Wildman–Crippen LogP) is 7.56. The Kier molecular flexibility index (Phi) is 6.11. The van der Waals surface area contributed by atoms with Crippen LogP contribution in [0.3, 0.4) is 0 Å². The van der Waals surface area contributed by atoms with Crippen LogP contribution in [0.4, 0.5) is 4.79 Å². The molecule has 3 aromatic rings. The summed E-state index contributed by atoms with van der Waals surface area (Å²) in [5.74, 6) is 0.740. The van der Waals surface area contributed by atoms with Gasteiger partial charge >= 0.3 is 0 Å². The zero-order chi connectivity index (χ0) is 21.4. The zero-order valence-corrected chi connectivity index (χ0v) is 19.5. The number of hydrogen-bond donors (Lipinski definition) is 0. The second-order valence-electron chi connectivity index (χ2n) is 6.65. The van der Waals surface area contributed by atoms with Crippen LogP contribution in [0, 0.1) is 6.92 Å². The molecule has 0 radical (unpaired) electrons. The number of carbonyl (C=O) groups is 2. The standard InChI is InChI=1S/C22H14BrCl2NO3S/c1-12-5-7-14(16(23)9-12)19-8-6-13(29-19)10-20-21(27)26(22(28)30-20)11-15-17(24)3-2-4-18(15)25/h2-10H,11H2,1H3/b20-10-. The summed E-state index contributed by atoms with van der Waals surface area (Å²) in [5, 5.41) is 0.435. The maximum Gasteiger partial charge on any atom is 0.293 e. The summed E-state index contributed by atoms with van der Waals surface area (Å²) >= 11 is 16.8. The largest absolute Gasteiger partial charge is 0.457 e. The molecule has 0 N–H and O–H groups in total. The van der Waals surface area contributed by atoms with E-state index >= 15 is 0 Å². The first kappa shape index (κ1) is 21.2. The fourth-order valence-electron chi connectivity index (χ4n) is 3.00. The van der Waals surface area contributed by atoms with Crippen molar-refractivity contribution in [2.75, 3.05) is 0 Å². The summed E-state index contributed by atoms with van der Waals surface area (Å²) in [5.41, 5.74) is 2.57. The molecule has 2 aromatic carbocycles. The fourth-order valence-corrected chi connectivity index (χ4v) is 5.03. The molecule has 2 amide bonds. The Morgan fingerprint density at radius 3 is 2.53 bits per heavy atom. The predicted molar refractivity (Wildman–Crippen MR) is 125 cm³/mol. The summed E-state index contributed by atoms with van der Waals surface area (Å²) in [6.07, 6.45) is 1.57. The Hall–Kier alpha value is -1.99. The molecule has 0 bridgehead atoms. The lowest BCUT2D eigenvalue weighted by Gasteiger charge is -2.14. The molecule has 4 nitrogen and oxygen atoms in total. The number of nitrogens with zero attached hydrogens (tertiary/aromatic N) is 1. The highest BCUT2D eigenvalue weighted by molar-refractivity contribution is 9.10. The molecular formula is C22H14BrCl2NO3S. The highest BCUT2D eigenvalue weighted by Crippen LogP contribution is 2.37. The molecule has 1 aromatic heterocycles. The van der Waals surface area contributed by atoms with Gasteiger partial charge in [0.15, 0.2) is 0 Å². The minimum Gasteiger partial charge on any atom is -0.457 e. The number of carbonyl (C=O) groups excluding carboxylic acids is 2. The molecule has 2 heterocycles. The van der Waals surface area contributed by atoms with Gasteiger partial charge in [-0.25, -0.2) is 0 Å². The Balaban J connectivity index is 1.57.